The van der Waals surface area contributed by atoms with Crippen molar-refractivity contribution >= 4 is 11.5 Å². The molecule has 4 heteroatoms. The van der Waals surface area contributed by atoms with Crippen LogP contribution < -0.4 is 5.73 Å². The fourth-order valence-corrected chi connectivity index (χ4v) is 2.02. The molecular weight excluding hydrogens is 218 g/mol. The van der Waals surface area contributed by atoms with E-state index >= 15 is 0 Å². The van der Waals surface area contributed by atoms with Crippen LogP contribution in [-0.4, -0.2) is 15.4 Å². The van der Waals surface area contributed by atoms with E-state index in [-0.39, 0.29) is 16.9 Å². The van der Waals surface area contributed by atoms with Gasteiger partial charge in [-0.05, 0) is 16.9 Å². The van der Waals surface area contributed by atoms with Gasteiger partial charge in [0.25, 0.3) is 0 Å². The third-order valence-corrected chi connectivity index (χ3v) is 3.38. The molecule has 1 aromatic heterocycles. The molecule has 1 unspecified atom stereocenters. The maximum Gasteiger partial charge on any atom is 0.147 e. The van der Waals surface area contributed by atoms with Gasteiger partial charge in [-0.15, -0.1) is 0 Å². The summed E-state index contributed by atoms with van der Waals surface area (Å²) in [4.78, 5) is 4.56. The third kappa shape index (κ3) is 3.52. The highest BCUT2D eigenvalue weighted by Gasteiger charge is 2.24. The molecule has 0 fully saturated rings. The Balaban J connectivity index is 2.74. The second-order valence-corrected chi connectivity index (χ2v) is 7.27. The largest absolute Gasteiger partial charge is 0.327 e. The molecule has 0 aliphatic carbocycles. The summed E-state index contributed by atoms with van der Waals surface area (Å²) in [5.41, 5.74) is 6.29. The number of hydrogen-bond donors (Lipinski definition) is 1. The van der Waals surface area contributed by atoms with Crippen molar-refractivity contribution in [3.63, 3.8) is 0 Å². The average Bonchev–Trinajstić information content (AvgIpc) is 2.49. The van der Waals surface area contributed by atoms with Crippen molar-refractivity contribution in [1.82, 2.24) is 9.36 Å². The van der Waals surface area contributed by atoms with Gasteiger partial charge in [-0.3, -0.25) is 0 Å². The van der Waals surface area contributed by atoms with Crippen LogP contribution in [0.15, 0.2) is 0 Å². The van der Waals surface area contributed by atoms with Crippen LogP contribution in [0.1, 0.15) is 52.4 Å². The van der Waals surface area contributed by atoms with Crippen LogP contribution in [0, 0.1) is 5.41 Å². The summed E-state index contributed by atoms with van der Waals surface area (Å²) >= 11 is 1.48. The Kier molecular flexibility index (Phi) is 3.75. The summed E-state index contributed by atoms with van der Waals surface area (Å²) in [6, 6.07) is 0.133. The summed E-state index contributed by atoms with van der Waals surface area (Å²) in [6.45, 7) is 12.9. The molecule has 0 aliphatic rings. The molecule has 0 bridgehead atoms. The van der Waals surface area contributed by atoms with Gasteiger partial charge >= 0.3 is 0 Å². The Morgan fingerprint density at radius 3 is 2.12 bits per heavy atom. The van der Waals surface area contributed by atoms with E-state index in [1.807, 2.05) is 0 Å². The highest BCUT2D eigenvalue weighted by molar-refractivity contribution is 7.05. The molecule has 2 N–H and O–H groups in total. The smallest absolute Gasteiger partial charge is 0.147 e. The van der Waals surface area contributed by atoms with E-state index in [0.717, 1.165) is 17.3 Å². The normalized spacial score (nSPS) is 15.2. The standard InChI is InChI=1S/C12H23N3S/c1-11(2,3)8(13)7-9-14-10(15-16-9)12(4,5)6/h8H,7,13H2,1-6H3. The molecule has 0 aliphatic heterocycles. The molecule has 1 aromatic rings. The minimum absolute atomic E-state index is 0.0284. The Hall–Kier alpha value is -0.480. The molecule has 16 heavy (non-hydrogen) atoms. The van der Waals surface area contributed by atoms with Crippen LogP contribution in [-0.2, 0) is 11.8 Å². The topological polar surface area (TPSA) is 51.8 Å². The second-order valence-electron chi connectivity index (χ2n) is 6.44. The number of nitrogens with zero attached hydrogens (tertiary/aromatic N) is 2. The molecule has 0 aromatic carbocycles. The monoisotopic (exact) mass is 241 g/mol. The van der Waals surface area contributed by atoms with Crippen LogP contribution >= 0.6 is 11.5 Å². The predicted octanol–water partition coefficient (Wildman–Crippen LogP) is 2.75. The zero-order valence-electron chi connectivity index (χ0n) is 11.2. The van der Waals surface area contributed by atoms with Gasteiger partial charge in [0.1, 0.15) is 10.8 Å². The average molecular weight is 241 g/mol. The Bertz CT molecular complexity index is 344. The van der Waals surface area contributed by atoms with Crippen LogP contribution in [0.3, 0.4) is 0 Å². The van der Waals surface area contributed by atoms with E-state index in [4.69, 9.17) is 5.73 Å². The zero-order chi connectivity index (χ0) is 12.6. The first-order valence-electron chi connectivity index (χ1n) is 5.69. The van der Waals surface area contributed by atoms with Crippen molar-refractivity contribution in [2.75, 3.05) is 0 Å². The van der Waals surface area contributed by atoms with E-state index in [1.54, 1.807) is 0 Å². The molecule has 0 saturated carbocycles. The lowest BCUT2D eigenvalue weighted by Gasteiger charge is -2.25. The Morgan fingerprint density at radius 2 is 1.75 bits per heavy atom. The van der Waals surface area contributed by atoms with Crippen molar-refractivity contribution in [3.05, 3.63) is 10.8 Å². The van der Waals surface area contributed by atoms with Gasteiger partial charge in [-0.25, -0.2) is 4.98 Å². The quantitative estimate of drug-likeness (QED) is 0.866. The molecule has 0 amide bonds. The first kappa shape index (κ1) is 13.6. The molecule has 0 spiro atoms. The maximum atomic E-state index is 6.14. The van der Waals surface area contributed by atoms with E-state index in [0.29, 0.717) is 0 Å². The van der Waals surface area contributed by atoms with Crippen molar-refractivity contribution in [1.29, 1.82) is 0 Å². The van der Waals surface area contributed by atoms with Crippen LogP contribution in [0.25, 0.3) is 0 Å². The zero-order valence-corrected chi connectivity index (χ0v) is 12.0. The maximum absolute atomic E-state index is 6.14. The van der Waals surface area contributed by atoms with Gasteiger partial charge in [0.2, 0.25) is 0 Å². The minimum Gasteiger partial charge on any atom is -0.327 e. The van der Waals surface area contributed by atoms with Crippen LogP contribution in [0.5, 0.6) is 0 Å². The second kappa shape index (κ2) is 4.41. The SMILES string of the molecule is CC(C)(C)c1nsc(CC(N)C(C)(C)C)n1. The van der Waals surface area contributed by atoms with E-state index < -0.39 is 0 Å². The first-order chi connectivity index (χ1) is 7.10. The lowest BCUT2D eigenvalue weighted by Crippen LogP contribution is -2.36. The summed E-state index contributed by atoms with van der Waals surface area (Å²) in [6.07, 6.45) is 0.817. The highest BCUT2D eigenvalue weighted by atomic mass is 32.1. The number of aromatic nitrogens is 2. The van der Waals surface area contributed by atoms with Gasteiger partial charge in [-0.1, -0.05) is 41.5 Å². The lowest BCUT2D eigenvalue weighted by atomic mass is 9.86. The number of hydrogen-bond acceptors (Lipinski definition) is 4. The highest BCUT2D eigenvalue weighted by Crippen LogP contribution is 2.24. The molecule has 0 radical (unpaired) electrons. The van der Waals surface area contributed by atoms with Gasteiger partial charge in [-0.2, -0.15) is 4.37 Å². The molecule has 92 valence electrons. The van der Waals surface area contributed by atoms with Crippen molar-refractivity contribution < 1.29 is 0 Å². The lowest BCUT2D eigenvalue weighted by molar-refractivity contribution is 0.318. The number of rotatable bonds is 2. The molecule has 3 nitrogen and oxygen atoms in total. The number of nitrogens with two attached hydrogens (primary N) is 1. The minimum atomic E-state index is 0.0284. The summed E-state index contributed by atoms with van der Waals surface area (Å²) in [5, 5.41) is 1.05. The van der Waals surface area contributed by atoms with Crippen molar-refractivity contribution in [2.45, 2.75) is 59.4 Å². The fourth-order valence-electron chi connectivity index (χ4n) is 1.14. The van der Waals surface area contributed by atoms with Crippen LogP contribution in [0.2, 0.25) is 0 Å². The molecule has 1 atom stereocenters. The fraction of sp³-hybridized carbons (Fsp3) is 0.833. The van der Waals surface area contributed by atoms with Crippen molar-refractivity contribution in [3.8, 4) is 0 Å². The molecular formula is C12H23N3S. The summed E-state index contributed by atoms with van der Waals surface area (Å²) < 4.78 is 4.40. The Morgan fingerprint density at radius 1 is 1.19 bits per heavy atom. The van der Waals surface area contributed by atoms with E-state index in [1.165, 1.54) is 11.5 Å². The molecule has 0 saturated heterocycles. The third-order valence-electron chi connectivity index (χ3n) is 2.65. The summed E-state index contributed by atoms with van der Waals surface area (Å²) in [5.74, 6) is 0.925. The van der Waals surface area contributed by atoms with E-state index in [9.17, 15) is 0 Å². The van der Waals surface area contributed by atoms with Gasteiger partial charge in [0.05, 0.1) is 0 Å². The molecule has 1 rings (SSSR count). The summed E-state index contributed by atoms with van der Waals surface area (Å²) in [7, 11) is 0. The van der Waals surface area contributed by atoms with Gasteiger partial charge in [0.15, 0.2) is 0 Å². The van der Waals surface area contributed by atoms with Gasteiger partial charge in [0, 0.05) is 17.9 Å². The van der Waals surface area contributed by atoms with Crippen molar-refractivity contribution in [2.24, 2.45) is 11.1 Å². The van der Waals surface area contributed by atoms with Crippen LogP contribution in [0.4, 0.5) is 0 Å². The first-order valence-corrected chi connectivity index (χ1v) is 6.46. The molecule has 1 heterocycles. The van der Waals surface area contributed by atoms with E-state index in [2.05, 4.69) is 50.9 Å². The Labute approximate surface area is 103 Å². The predicted molar refractivity (Wildman–Crippen MR) is 69.7 cm³/mol. The van der Waals surface area contributed by atoms with Gasteiger partial charge < -0.3 is 5.73 Å².